The molecule has 0 aliphatic carbocycles. The van der Waals surface area contributed by atoms with E-state index in [0.717, 1.165) is 5.57 Å². The number of nitrogens with zero attached hydrogens (tertiary/aromatic N) is 1. The van der Waals surface area contributed by atoms with Gasteiger partial charge in [-0.05, 0) is 31.5 Å². The van der Waals surface area contributed by atoms with Crippen LogP contribution in [0.2, 0.25) is 0 Å². The number of rotatable bonds is 3. The molecule has 0 atom stereocenters. The molecule has 0 unspecified atom stereocenters. The summed E-state index contributed by atoms with van der Waals surface area (Å²) in [5.41, 5.74) is 1.53. The highest BCUT2D eigenvalue weighted by molar-refractivity contribution is 5.37. The number of benzene rings is 1. The second kappa shape index (κ2) is 4.43. The zero-order chi connectivity index (χ0) is 10.6. The van der Waals surface area contributed by atoms with Gasteiger partial charge >= 0.3 is 0 Å². The third kappa shape index (κ3) is 2.60. The fraction of sp³-hybridized carbons (Fsp3) is 0.182. The Kier molecular flexibility index (Phi) is 3.24. The van der Waals surface area contributed by atoms with Gasteiger partial charge in [-0.25, -0.2) is 4.39 Å². The second-order valence-corrected chi connectivity index (χ2v) is 3.08. The monoisotopic (exact) mass is 191 g/mol. The van der Waals surface area contributed by atoms with E-state index in [4.69, 9.17) is 10.00 Å². The van der Waals surface area contributed by atoms with Crippen LogP contribution in [0.4, 0.5) is 4.39 Å². The molecule has 0 saturated heterocycles. The first-order chi connectivity index (χ1) is 6.63. The zero-order valence-corrected chi connectivity index (χ0v) is 7.88. The highest BCUT2D eigenvalue weighted by atomic mass is 19.1. The van der Waals surface area contributed by atoms with Gasteiger partial charge in [0, 0.05) is 5.56 Å². The van der Waals surface area contributed by atoms with E-state index >= 15 is 0 Å². The molecule has 14 heavy (non-hydrogen) atoms. The van der Waals surface area contributed by atoms with Gasteiger partial charge in [0.2, 0.25) is 0 Å². The molecule has 0 aromatic heterocycles. The van der Waals surface area contributed by atoms with Gasteiger partial charge in [-0.15, -0.1) is 5.26 Å². The van der Waals surface area contributed by atoms with E-state index in [1.807, 2.05) is 6.92 Å². The third-order valence-corrected chi connectivity index (χ3v) is 1.67. The molecule has 3 heteroatoms. The Bertz CT molecular complexity index is 393. The first kappa shape index (κ1) is 10.3. The largest absolute Gasteiger partial charge is 0.388 e. The minimum absolute atomic E-state index is 0.341. The lowest BCUT2D eigenvalue weighted by atomic mass is 10.1. The number of nitriles is 1. The Morgan fingerprint density at radius 1 is 1.64 bits per heavy atom. The SMILES string of the molecule is C=C(C)Cc1cc(F)ccc1OC#N. The van der Waals surface area contributed by atoms with Gasteiger partial charge in [-0.2, -0.15) is 0 Å². The maximum absolute atomic E-state index is 12.9. The molecular weight excluding hydrogens is 181 g/mol. The lowest BCUT2D eigenvalue weighted by Crippen LogP contribution is -1.93. The average molecular weight is 191 g/mol. The molecule has 0 bridgehead atoms. The predicted octanol–water partition coefficient (Wildman–Crippen LogP) is 2.80. The van der Waals surface area contributed by atoms with Crippen LogP contribution in [0.1, 0.15) is 12.5 Å². The summed E-state index contributed by atoms with van der Waals surface area (Å²) < 4.78 is 17.6. The maximum atomic E-state index is 12.9. The van der Waals surface area contributed by atoms with Crippen LogP contribution in [0.25, 0.3) is 0 Å². The molecule has 0 aliphatic heterocycles. The molecule has 0 radical (unpaired) electrons. The van der Waals surface area contributed by atoms with E-state index in [2.05, 4.69) is 6.58 Å². The van der Waals surface area contributed by atoms with Gasteiger partial charge in [0.15, 0.2) is 0 Å². The minimum Gasteiger partial charge on any atom is -0.388 e. The molecular formula is C11H10FNO. The molecule has 1 rings (SSSR count). The Balaban J connectivity index is 3.03. The van der Waals surface area contributed by atoms with E-state index in [-0.39, 0.29) is 5.82 Å². The second-order valence-electron chi connectivity index (χ2n) is 3.08. The highest BCUT2D eigenvalue weighted by Gasteiger charge is 2.05. The Morgan fingerprint density at radius 2 is 2.36 bits per heavy atom. The summed E-state index contributed by atoms with van der Waals surface area (Å²) in [4.78, 5) is 0. The summed E-state index contributed by atoms with van der Waals surface area (Å²) in [5, 5.41) is 8.36. The highest BCUT2D eigenvalue weighted by Crippen LogP contribution is 2.21. The fourth-order valence-corrected chi connectivity index (χ4v) is 1.16. The van der Waals surface area contributed by atoms with E-state index in [9.17, 15) is 4.39 Å². The number of hydrogen-bond acceptors (Lipinski definition) is 2. The lowest BCUT2D eigenvalue weighted by molar-refractivity contribution is 0.498. The lowest BCUT2D eigenvalue weighted by Gasteiger charge is -2.05. The quantitative estimate of drug-likeness (QED) is 0.543. The predicted molar refractivity (Wildman–Crippen MR) is 51.2 cm³/mol. The van der Waals surface area contributed by atoms with Gasteiger partial charge in [0.25, 0.3) is 6.26 Å². The van der Waals surface area contributed by atoms with Crippen LogP contribution in [0.3, 0.4) is 0 Å². The van der Waals surface area contributed by atoms with Crippen LogP contribution in [0.15, 0.2) is 30.4 Å². The van der Waals surface area contributed by atoms with Crippen molar-refractivity contribution in [2.45, 2.75) is 13.3 Å². The van der Waals surface area contributed by atoms with Gasteiger partial charge < -0.3 is 4.74 Å². The van der Waals surface area contributed by atoms with Crippen molar-refractivity contribution in [3.8, 4) is 12.0 Å². The summed E-state index contributed by atoms with van der Waals surface area (Å²) in [6.07, 6.45) is 2.07. The summed E-state index contributed by atoms with van der Waals surface area (Å²) in [6.45, 7) is 5.55. The van der Waals surface area contributed by atoms with Crippen LogP contribution in [0.5, 0.6) is 5.75 Å². The van der Waals surface area contributed by atoms with Crippen molar-refractivity contribution in [2.75, 3.05) is 0 Å². The maximum Gasteiger partial charge on any atom is 0.292 e. The number of ether oxygens (including phenoxy) is 1. The smallest absolute Gasteiger partial charge is 0.292 e. The molecule has 0 fully saturated rings. The molecule has 0 amide bonds. The van der Waals surface area contributed by atoms with Crippen molar-refractivity contribution in [3.63, 3.8) is 0 Å². The summed E-state index contributed by atoms with van der Waals surface area (Å²) in [5.74, 6) is 0.0449. The Hall–Kier alpha value is -1.82. The van der Waals surface area contributed by atoms with Crippen molar-refractivity contribution < 1.29 is 9.13 Å². The molecule has 0 heterocycles. The average Bonchev–Trinajstić information content (AvgIpc) is 2.09. The first-order valence-electron chi connectivity index (χ1n) is 4.12. The van der Waals surface area contributed by atoms with E-state index < -0.39 is 0 Å². The van der Waals surface area contributed by atoms with E-state index in [0.29, 0.717) is 17.7 Å². The molecule has 0 N–H and O–H groups in total. The Morgan fingerprint density at radius 3 is 2.93 bits per heavy atom. The number of hydrogen-bond donors (Lipinski definition) is 0. The first-order valence-corrected chi connectivity index (χ1v) is 4.12. The van der Waals surface area contributed by atoms with Crippen molar-refractivity contribution in [1.82, 2.24) is 0 Å². The molecule has 0 aliphatic rings. The van der Waals surface area contributed by atoms with Crippen LogP contribution in [-0.2, 0) is 6.42 Å². The molecule has 1 aromatic carbocycles. The third-order valence-electron chi connectivity index (χ3n) is 1.67. The molecule has 2 nitrogen and oxygen atoms in total. The number of allylic oxidation sites excluding steroid dienone is 1. The van der Waals surface area contributed by atoms with Crippen LogP contribution in [-0.4, -0.2) is 0 Å². The van der Waals surface area contributed by atoms with Gasteiger partial charge in [0.1, 0.15) is 11.6 Å². The van der Waals surface area contributed by atoms with Crippen molar-refractivity contribution in [2.24, 2.45) is 0 Å². The van der Waals surface area contributed by atoms with Gasteiger partial charge in [-0.3, -0.25) is 0 Å². The topological polar surface area (TPSA) is 33.0 Å². The fourth-order valence-electron chi connectivity index (χ4n) is 1.16. The normalized spacial score (nSPS) is 9.21. The van der Waals surface area contributed by atoms with Crippen molar-refractivity contribution in [1.29, 1.82) is 5.26 Å². The number of halogens is 1. The van der Waals surface area contributed by atoms with Gasteiger partial charge in [-0.1, -0.05) is 12.2 Å². The summed E-state index contributed by atoms with van der Waals surface area (Å²) in [7, 11) is 0. The van der Waals surface area contributed by atoms with Crippen LogP contribution in [0, 0.1) is 17.3 Å². The summed E-state index contributed by atoms with van der Waals surface area (Å²) >= 11 is 0. The van der Waals surface area contributed by atoms with E-state index in [1.54, 1.807) is 6.26 Å². The molecule has 72 valence electrons. The standard InChI is InChI=1S/C11H10FNO/c1-8(2)5-9-6-10(12)3-4-11(9)14-7-13/h3-4,6H,1,5H2,2H3. The van der Waals surface area contributed by atoms with Crippen LogP contribution < -0.4 is 4.74 Å². The van der Waals surface area contributed by atoms with Gasteiger partial charge in [0.05, 0.1) is 0 Å². The molecule has 0 spiro atoms. The van der Waals surface area contributed by atoms with E-state index in [1.165, 1.54) is 18.2 Å². The van der Waals surface area contributed by atoms with Crippen LogP contribution >= 0.6 is 0 Å². The Labute approximate surface area is 82.2 Å². The minimum atomic E-state index is -0.341. The molecule has 1 aromatic rings. The zero-order valence-electron chi connectivity index (χ0n) is 7.88. The van der Waals surface area contributed by atoms with Crippen molar-refractivity contribution in [3.05, 3.63) is 41.7 Å². The molecule has 0 saturated carbocycles. The summed E-state index contributed by atoms with van der Waals surface area (Å²) in [6, 6.07) is 4.05. The van der Waals surface area contributed by atoms with Crippen molar-refractivity contribution >= 4 is 0 Å².